The predicted molar refractivity (Wildman–Crippen MR) is 76.1 cm³/mol. The molecule has 6 nitrogen and oxygen atoms in total. The SMILES string of the molecule is COc1ccc(-c2nc(C(C)C)c(C(=O)O)o2)cc1OC. The number of aromatic carboxylic acids is 1. The van der Waals surface area contributed by atoms with Crippen LogP contribution in [0.15, 0.2) is 22.6 Å². The first-order valence-corrected chi connectivity index (χ1v) is 6.44. The molecule has 0 unspecified atom stereocenters. The van der Waals surface area contributed by atoms with Gasteiger partial charge in [0, 0.05) is 5.56 Å². The molecule has 112 valence electrons. The number of methoxy groups -OCH3 is 2. The van der Waals surface area contributed by atoms with E-state index in [-0.39, 0.29) is 17.6 Å². The number of aromatic nitrogens is 1. The fraction of sp³-hybridized carbons (Fsp3) is 0.333. The van der Waals surface area contributed by atoms with Crippen LogP contribution in [0.3, 0.4) is 0 Å². The number of carboxylic acid groups (broad SMARTS) is 1. The summed E-state index contributed by atoms with van der Waals surface area (Å²) in [6.45, 7) is 3.73. The van der Waals surface area contributed by atoms with Crippen molar-refractivity contribution < 1.29 is 23.8 Å². The molecule has 0 amide bonds. The molecule has 0 saturated carbocycles. The second kappa shape index (κ2) is 5.87. The molecule has 21 heavy (non-hydrogen) atoms. The first kappa shape index (κ1) is 14.9. The Morgan fingerprint density at radius 2 is 1.90 bits per heavy atom. The maximum Gasteiger partial charge on any atom is 0.373 e. The lowest BCUT2D eigenvalue weighted by atomic mass is 10.1. The summed E-state index contributed by atoms with van der Waals surface area (Å²) >= 11 is 0. The molecule has 0 radical (unpaired) electrons. The lowest BCUT2D eigenvalue weighted by Crippen LogP contribution is -2.01. The van der Waals surface area contributed by atoms with E-state index in [1.165, 1.54) is 7.11 Å². The number of rotatable bonds is 5. The van der Waals surface area contributed by atoms with Crippen molar-refractivity contribution in [3.8, 4) is 23.0 Å². The van der Waals surface area contributed by atoms with Gasteiger partial charge in [-0.05, 0) is 24.1 Å². The molecule has 1 aromatic carbocycles. The second-order valence-electron chi connectivity index (χ2n) is 4.76. The zero-order valence-electron chi connectivity index (χ0n) is 12.3. The van der Waals surface area contributed by atoms with Crippen LogP contribution < -0.4 is 9.47 Å². The average molecular weight is 291 g/mol. The van der Waals surface area contributed by atoms with Crippen molar-refractivity contribution in [2.45, 2.75) is 19.8 Å². The smallest absolute Gasteiger partial charge is 0.373 e. The lowest BCUT2D eigenvalue weighted by Gasteiger charge is -2.07. The van der Waals surface area contributed by atoms with Crippen molar-refractivity contribution in [3.05, 3.63) is 29.7 Å². The van der Waals surface area contributed by atoms with Gasteiger partial charge in [0.1, 0.15) is 0 Å². The topological polar surface area (TPSA) is 81.8 Å². The molecule has 2 rings (SSSR count). The molecule has 2 aromatic rings. The van der Waals surface area contributed by atoms with Crippen LogP contribution >= 0.6 is 0 Å². The molecule has 0 spiro atoms. The van der Waals surface area contributed by atoms with E-state index >= 15 is 0 Å². The molecule has 6 heteroatoms. The maximum atomic E-state index is 11.2. The van der Waals surface area contributed by atoms with E-state index in [0.717, 1.165) is 0 Å². The number of carbonyl (C=O) groups is 1. The van der Waals surface area contributed by atoms with Crippen LogP contribution in [0.4, 0.5) is 0 Å². The van der Waals surface area contributed by atoms with Gasteiger partial charge in [-0.15, -0.1) is 0 Å². The van der Waals surface area contributed by atoms with Crippen molar-refractivity contribution in [1.29, 1.82) is 0 Å². The minimum Gasteiger partial charge on any atom is -0.493 e. The normalized spacial score (nSPS) is 10.7. The third kappa shape index (κ3) is 2.84. The maximum absolute atomic E-state index is 11.2. The third-order valence-corrected chi connectivity index (χ3v) is 3.02. The van der Waals surface area contributed by atoms with E-state index in [0.29, 0.717) is 22.8 Å². The van der Waals surface area contributed by atoms with Gasteiger partial charge < -0.3 is 19.0 Å². The number of carboxylic acids is 1. The number of nitrogens with zero attached hydrogens (tertiary/aromatic N) is 1. The molecule has 0 atom stereocenters. The van der Waals surface area contributed by atoms with Crippen molar-refractivity contribution in [2.24, 2.45) is 0 Å². The Kier molecular flexibility index (Phi) is 4.16. The summed E-state index contributed by atoms with van der Waals surface area (Å²) in [7, 11) is 3.07. The summed E-state index contributed by atoms with van der Waals surface area (Å²) in [6.07, 6.45) is 0. The van der Waals surface area contributed by atoms with Crippen LogP contribution in [0.25, 0.3) is 11.5 Å². The summed E-state index contributed by atoms with van der Waals surface area (Å²) in [4.78, 5) is 15.5. The van der Waals surface area contributed by atoms with E-state index in [4.69, 9.17) is 13.9 Å². The van der Waals surface area contributed by atoms with Crippen LogP contribution in [0.2, 0.25) is 0 Å². The summed E-state index contributed by atoms with van der Waals surface area (Å²) < 4.78 is 15.8. The number of oxazole rings is 1. The Balaban J connectivity index is 2.52. The lowest BCUT2D eigenvalue weighted by molar-refractivity contribution is 0.0661. The minimum atomic E-state index is -1.13. The molecule has 0 aliphatic rings. The van der Waals surface area contributed by atoms with E-state index < -0.39 is 5.97 Å². The van der Waals surface area contributed by atoms with Crippen LogP contribution in [0.1, 0.15) is 36.0 Å². The Morgan fingerprint density at radius 3 is 2.38 bits per heavy atom. The standard InChI is InChI=1S/C15H17NO5/c1-8(2)12-13(15(17)18)21-14(16-12)9-5-6-10(19-3)11(7-9)20-4/h5-8H,1-4H3,(H,17,18). The predicted octanol–water partition coefficient (Wildman–Crippen LogP) is 3.18. The van der Waals surface area contributed by atoms with E-state index in [1.807, 2.05) is 13.8 Å². The zero-order chi connectivity index (χ0) is 15.6. The molecule has 0 fully saturated rings. The molecular formula is C15H17NO5. The van der Waals surface area contributed by atoms with Gasteiger partial charge in [-0.2, -0.15) is 0 Å². The first-order valence-electron chi connectivity index (χ1n) is 6.44. The zero-order valence-corrected chi connectivity index (χ0v) is 12.3. The van der Waals surface area contributed by atoms with Crippen LogP contribution in [0, 0.1) is 0 Å². The number of hydrogen-bond acceptors (Lipinski definition) is 5. The summed E-state index contributed by atoms with van der Waals surface area (Å²) in [5, 5.41) is 9.18. The quantitative estimate of drug-likeness (QED) is 0.911. The fourth-order valence-electron chi connectivity index (χ4n) is 1.97. The summed E-state index contributed by atoms with van der Waals surface area (Å²) in [5.74, 6) is 0.0463. The Morgan fingerprint density at radius 1 is 1.24 bits per heavy atom. The van der Waals surface area contributed by atoms with Gasteiger partial charge in [-0.1, -0.05) is 13.8 Å². The van der Waals surface area contributed by atoms with Crippen molar-refractivity contribution in [1.82, 2.24) is 4.98 Å². The van der Waals surface area contributed by atoms with Crippen LogP contribution in [0.5, 0.6) is 11.5 Å². The van der Waals surface area contributed by atoms with Gasteiger partial charge in [0.2, 0.25) is 11.7 Å². The van der Waals surface area contributed by atoms with Gasteiger partial charge in [-0.25, -0.2) is 9.78 Å². The largest absolute Gasteiger partial charge is 0.493 e. The van der Waals surface area contributed by atoms with E-state index in [9.17, 15) is 9.90 Å². The highest BCUT2D eigenvalue weighted by molar-refractivity contribution is 5.86. The molecule has 0 saturated heterocycles. The fourth-order valence-corrected chi connectivity index (χ4v) is 1.97. The first-order chi connectivity index (χ1) is 9.97. The van der Waals surface area contributed by atoms with Gasteiger partial charge in [0.15, 0.2) is 11.5 Å². The highest BCUT2D eigenvalue weighted by Crippen LogP contribution is 2.33. The molecule has 0 aliphatic heterocycles. The summed E-state index contributed by atoms with van der Waals surface area (Å²) in [6, 6.07) is 5.15. The van der Waals surface area contributed by atoms with E-state index in [1.54, 1.807) is 25.3 Å². The molecule has 1 N–H and O–H groups in total. The van der Waals surface area contributed by atoms with Gasteiger partial charge in [0.25, 0.3) is 0 Å². The number of hydrogen-bond donors (Lipinski definition) is 1. The highest BCUT2D eigenvalue weighted by atomic mass is 16.5. The molecule has 1 heterocycles. The Hall–Kier alpha value is -2.50. The molecule has 0 aliphatic carbocycles. The molecule has 0 bridgehead atoms. The minimum absolute atomic E-state index is 0.0475. The van der Waals surface area contributed by atoms with Gasteiger partial charge in [-0.3, -0.25) is 0 Å². The van der Waals surface area contributed by atoms with Crippen molar-refractivity contribution in [3.63, 3.8) is 0 Å². The monoisotopic (exact) mass is 291 g/mol. The van der Waals surface area contributed by atoms with Gasteiger partial charge in [0.05, 0.1) is 19.9 Å². The van der Waals surface area contributed by atoms with Crippen LogP contribution in [-0.2, 0) is 0 Å². The van der Waals surface area contributed by atoms with Crippen LogP contribution in [-0.4, -0.2) is 30.3 Å². The molecular weight excluding hydrogens is 274 g/mol. The Bertz CT molecular complexity index is 660. The molecule has 1 aromatic heterocycles. The van der Waals surface area contributed by atoms with Gasteiger partial charge >= 0.3 is 5.97 Å². The van der Waals surface area contributed by atoms with Crippen molar-refractivity contribution >= 4 is 5.97 Å². The average Bonchev–Trinajstić information content (AvgIpc) is 2.92. The highest BCUT2D eigenvalue weighted by Gasteiger charge is 2.23. The second-order valence-corrected chi connectivity index (χ2v) is 4.76. The van der Waals surface area contributed by atoms with Crippen molar-refractivity contribution in [2.75, 3.05) is 14.2 Å². The number of benzene rings is 1. The Labute approximate surface area is 122 Å². The third-order valence-electron chi connectivity index (χ3n) is 3.02. The summed E-state index contributed by atoms with van der Waals surface area (Å²) in [5.41, 5.74) is 1.05. The number of ether oxygens (including phenoxy) is 2. The van der Waals surface area contributed by atoms with E-state index in [2.05, 4.69) is 4.98 Å².